The van der Waals surface area contributed by atoms with Crippen molar-refractivity contribution in [3.8, 4) is 0 Å². The first-order valence-electron chi connectivity index (χ1n) is 8.45. The molecule has 1 aliphatic rings. The van der Waals surface area contributed by atoms with Crippen LogP contribution in [0.3, 0.4) is 0 Å². The first-order chi connectivity index (χ1) is 10.1. The van der Waals surface area contributed by atoms with E-state index in [0.717, 1.165) is 44.0 Å². The number of ether oxygens (including phenoxy) is 1. The molecule has 0 saturated heterocycles. The molecule has 1 saturated carbocycles. The highest BCUT2D eigenvalue weighted by Gasteiger charge is 2.42. The van der Waals surface area contributed by atoms with E-state index >= 15 is 0 Å². The fourth-order valence-corrected chi connectivity index (χ4v) is 3.85. The lowest BCUT2D eigenvalue weighted by Crippen LogP contribution is -2.56. The maximum Gasteiger partial charge on any atom is 0.0840 e. The highest BCUT2D eigenvalue weighted by Crippen LogP contribution is 2.38. The Hall–Kier alpha value is -0.870. The Labute approximate surface area is 129 Å². The van der Waals surface area contributed by atoms with Crippen molar-refractivity contribution in [2.45, 2.75) is 64.5 Å². The van der Waals surface area contributed by atoms with Crippen LogP contribution in [0, 0.1) is 5.92 Å². The van der Waals surface area contributed by atoms with Gasteiger partial charge in [-0.1, -0.05) is 26.7 Å². The summed E-state index contributed by atoms with van der Waals surface area (Å²) in [6.07, 6.45) is 7.89. The average Bonchev–Trinajstić information content (AvgIpc) is 2.84. The van der Waals surface area contributed by atoms with Crippen molar-refractivity contribution in [1.29, 1.82) is 0 Å². The Morgan fingerprint density at radius 2 is 2.33 bits per heavy atom. The van der Waals surface area contributed by atoms with Gasteiger partial charge >= 0.3 is 0 Å². The molecule has 0 amide bonds. The Kier molecular flexibility index (Phi) is 5.82. The quantitative estimate of drug-likeness (QED) is 0.840. The third-order valence-electron chi connectivity index (χ3n) is 4.69. The standard InChI is InChI=1S/C17H31N3O/c1-5-18-16(12-15-9-11-20(4)19-15)17(21-6-2)10-7-8-14(3)13-17/h9,11,14,16,18H,5-8,10,12-13H2,1-4H3. The summed E-state index contributed by atoms with van der Waals surface area (Å²) in [6, 6.07) is 2.47. The van der Waals surface area contributed by atoms with Gasteiger partial charge in [0.15, 0.2) is 0 Å². The molecule has 120 valence electrons. The van der Waals surface area contributed by atoms with Crippen LogP contribution in [0.25, 0.3) is 0 Å². The fourth-order valence-electron chi connectivity index (χ4n) is 3.85. The lowest BCUT2D eigenvalue weighted by atomic mass is 9.73. The van der Waals surface area contributed by atoms with Gasteiger partial charge in [-0.3, -0.25) is 4.68 Å². The summed E-state index contributed by atoms with van der Waals surface area (Å²) >= 11 is 0. The van der Waals surface area contributed by atoms with Crippen molar-refractivity contribution < 1.29 is 4.74 Å². The van der Waals surface area contributed by atoms with Crippen LogP contribution in [-0.4, -0.2) is 34.6 Å². The van der Waals surface area contributed by atoms with Crippen LogP contribution >= 0.6 is 0 Å². The van der Waals surface area contributed by atoms with Crippen LogP contribution in [-0.2, 0) is 18.2 Å². The number of rotatable bonds is 7. The SMILES string of the molecule is CCNC(Cc1ccn(C)n1)C1(OCC)CCCC(C)C1. The molecule has 0 aromatic carbocycles. The average molecular weight is 293 g/mol. The summed E-state index contributed by atoms with van der Waals surface area (Å²) in [7, 11) is 1.98. The minimum atomic E-state index is -0.0278. The van der Waals surface area contributed by atoms with Gasteiger partial charge in [0.2, 0.25) is 0 Å². The maximum atomic E-state index is 6.34. The Bertz CT molecular complexity index is 427. The largest absolute Gasteiger partial charge is 0.374 e. The predicted molar refractivity (Wildman–Crippen MR) is 86.4 cm³/mol. The summed E-state index contributed by atoms with van der Waals surface area (Å²) < 4.78 is 8.22. The highest BCUT2D eigenvalue weighted by molar-refractivity contribution is 5.07. The molecule has 1 aromatic heterocycles. The first-order valence-corrected chi connectivity index (χ1v) is 8.45. The van der Waals surface area contributed by atoms with E-state index in [9.17, 15) is 0 Å². The van der Waals surface area contributed by atoms with Gasteiger partial charge in [0.05, 0.1) is 11.3 Å². The van der Waals surface area contributed by atoms with Gasteiger partial charge in [0.25, 0.3) is 0 Å². The number of aromatic nitrogens is 2. The van der Waals surface area contributed by atoms with Gasteiger partial charge in [-0.05, 0) is 38.3 Å². The molecule has 3 unspecified atom stereocenters. The molecule has 0 radical (unpaired) electrons. The number of aryl methyl sites for hydroxylation is 1. The van der Waals surface area contributed by atoms with E-state index < -0.39 is 0 Å². The number of hydrogen-bond donors (Lipinski definition) is 1. The number of likely N-dealkylation sites (N-methyl/N-ethyl adjacent to an activating group) is 1. The highest BCUT2D eigenvalue weighted by atomic mass is 16.5. The van der Waals surface area contributed by atoms with E-state index in [-0.39, 0.29) is 5.60 Å². The van der Waals surface area contributed by atoms with Crippen LogP contribution in [0.5, 0.6) is 0 Å². The van der Waals surface area contributed by atoms with Crippen LogP contribution in [0.15, 0.2) is 12.3 Å². The second-order valence-electron chi connectivity index (χ2n) is 6.49. The first kappa shape index (κ1) is 16.5. The van der Waals surface area contributed by atoms with E-state index in [1.165, 1.54) is 12.8 Å². The van der Waals surface area contributed by atoms with Crippen molar-refractivity contribution in [2.75, 3.05) is 13.2 Å². The molecule has 1 heterocycles. The molecule has 1 aromatic rings. The number of nitrogens with zero attached hydrogens (tertiary/aromatic N) is 2. The van der Waals surface area contributed by atoms with Gasteiger partial charge in [-0.15, -0.1) is 0 Å². The molecule has 1 fully saturated rings. The van der Waals surface area contributed by atoms with E-state index in [0.29, 0.717) is 6.04 Å². The Balaban J connectivity index is 2.18. The van der Waals surface area contributed by atoms with Gasteiger partial charge < -0.3 is 10.1 Å². The zero-order valence-corrected chi connectivity index (χ0v) is 14.1. The van der Waals surface area contributed by atoms with E-state index in [1.807, 2.05) is 17.9 Å². The molecule has 0 bridgehead atoms. The summed E-state index contributed by atoms with van der Waals surface area (Å²) in [5, 5.41) is 8.24. The third-order valence-corrected chi connectivity index (χ3v) is 4.69. The molecule has 0 aliphatic heterocycles. The molecule has 3 atom stereocenters. The van der Waals surface area contributed by atoms with E-state index in [4.69, 9.17) is 4.74 Å². The molecule has 2 rings (SSSR count). The molecule has 0 spiro atoms. The van der Waals surface area contributed by atoms with Crippen molar-refractivity contribution >= 4 is 0 Å². The van der Waals surface area contributed by atoms with Crippen LogP contribution in [0.2, 0.25) is 0 Å². The predicted octanol–water partition coefficient (Wildman–Crippen LogP) is 2.93. The van der Waals surface area contributed by atoms with Crippen LogP contribution < -0.4 is 5.32 Å². The summed E-state index contributed by atoms with van der Waals surface area (Å²) in [4.78, 5) is 0. The van der Waals surface area contributed by atoms with Crippen LogP contribution in [0.4, 0.5) is 0 Å². The van der Waals surface area contributed by atoms with E-state index in [1.54, 1.807) is 0 Å². The molecule has 1 N–H and O–H groups in total. The molecule has 4 nitrogen and oxygen atoms in total. The Morgan fingerprint density at radius 3 is 2.90 bits per heavy atom. The lowest BCUT2D eigenvalue weighted by molar-refractivity contribution is -0.1000. The summed E-state index contributed by atoms with van der Waals surface area (Å²) in [5.41, 5.74) is 1.13. The third kappa shape index (κ3) is 4.07. The monoisotopic (exact) mass is 293 g/mol. The zero-order valence-electron chi connectivity index (χ0n) is 14.1. The molecule has 21 heavy (non-hydrogen) atoms. The minimum absolute atomic E-state index is 0.0278. The Morgan fingerprint density at radius 1 is 1.52 bits per heavy atom. The second-order valence-corrected chi connectivity index (χ2v) is 6.49. The number of nitrogens with one attached hydrogen (secondary N) is 1. The number of hydrogen-bond acceptors (Lipinski definition) is 3. The summed E-state index contributed by atoms with van der Waals surface area (Å²) in [5.74, 6) is 0.746. The van der Waals surface area contributed by atoms with E-state index in [2.05, 4.69) is 37.3 Å². The van der Waals surface area contributed by atoms with Gasteiger partial charge in [-0.2, -0.15) is 5.10 Å². The van der Waals surface area contributed by atoms with Crippen molar-refractivity contribution in [3.63, 3.8) is 0 Å². The van der Waals surface area contributed by atoms with Crippen molar-refractivity contribution in [1.82, 2.24) is 15.1 Å². The zero-order chi connectivity index (χ0) is 15.3. The lowest BCUT2D eigenvalue weighted by Gasteiger charge is -2.45. The van der Waals surface area contributed by atoms with Gasteiger partial charge in [0, 0.05) is 32.3 Å². The molecular formula is C17H31N3O. The molecule has 1 aliphatic carbocycles. The molecular weight excluding hydrogens is 262 g/mol. The smallest absolute Gasteiger partial charge is 0.0840 e. The minimum Gasteiger partial charge on any atom is -0.374 e. The second kappa shape index (κ2) is 7.41. The van der Waals surface area contributed by atoms with Gasteiger partial charge in [0.1, 0.15) is 0 Å². The van der Waals surface area contributed by atoms with Crippen molar-refractivity contribution in [3.05, 3.63) is 18.0 Å². The topological polar surface area (TPSA) is 39.1 Å². The normalized spacial score (nSPS) is 27.7. The maximum absolute atomic E-state index is 6.34. The fraction of sp³-hybridized carbons (Fsp3) is 0.824. The summed E-state index contributed by atoms with van der Waals surface area (Å²) in [6.45, 7) is 8.41. The van der Waals surface area contributed by atoms with Crippen LogP contribution in [0.1, 0.15) is 52.1 Å². The molecule has 4 heteroatoms. The van der Waals surface area contributed by atoms with Gasteiger partial charge in [-0.25, -0.2) is 0 Å². The van der Waals surface area contributed by atoms with Crippen molar-refractivity contribution in [2.24, 2.45) is 13.0 Å².